The molecule has 0 radical (unpaired) electrons. The molecule has 2 aliphatic rings. The van der Waals surface area contributed by atoms with Gasteiger partial charge in [0.1, 0.15) is 6.61 Å². The summed E-state index contributed by atoms with van der Waals surface area (Å²) in [5.74, 6) is 0. The minimum Gasteiger partial charge on any atom is -0.445 e. The van der Waals surface area contributed by atoms with Crippen molar-refractivity contribution in [3.05, 3.63) is 35.9 Å². The molecule has 1 saturated heterocycles. The molecule has 1 heterocycles. The second kappa shape index (κ2) is 4.85. The van der Waals surface area contributed by atoms with Crippen LogP contribution < -0.4 is 5.73 Å². The van der Waals surface area contributed by atoms with Crippen molar-refractivity contribution < 1.29 is 9.53 Å². The first-order valence-electron chi connectivity index (χ1n) is 6.88. The van der Waals surface area contributed by atoms with Crippen molar-refractivity contribution in [3.63, 3.8) is 0 Å². The molecule has 4 heteroatoms. The number of likely N-dealkylation sites (tertiary alicyclic amines) is 1. The molecule has 3 rings (SSSR count). The van der Waals surface area contributed by atoms with Gasteiger partial charge in [0, 0.05) is 24.5 Å². The number of ether oxygens (including phenoxy) is 1. The second-order valence-corrected chi connectivity index (χ2v) is 5.90. The van der Waals surface area contributed by atoms with E-state index in [2.05, 4.69) is 0 Å². The Kier molecular flexibility index (Phi) is 3.19. The summed E-state index contributed by atoms with van der Waals surface area (Å²) in [5, 5.41) is 0. The van der Waals surface area contributed by atoms with Crippen LogP contribution in [0.2, 0.25) is 0 Å². The fourth-order valence-electron chi connectivity index (χ4n) is 3.24. The van der Waals surface area contributed by atoms with Gasteiger partial charge in [0.2, 0.25) is 0 Å². The third-order valence-electron chi connectivity index (χ3n) is 4.26. The molecule has 1 spiro atoms. The van der Waals surface area contributed by atoms with Crippen LogP contribution in [0.25, 0.3) is 0 Å². The van der Waals surface area contributed by atoms with Crippen LogP contribution in [-0.2, 0) is 11.3 Å². The summed E-state index contributed by atoms with van der Waals surface area (Å²) in [4.78, 5) is 13.7. The Hall–Kier alpha value is -1.55. The largest absolute Gasteiger partial charge is 0.445 e. The highest BCUT2D eigenvalue weighted by atomic mass is 16.6. The zero-order valence-electron chi connectivity index (χ0n) is 11.0. The smallest absolute Gasteiger partial charge is 0.410 e. The Balaban J connectivity index is 1.46. The van der Waals surface area contributed by atoms with E-state index in [0.717, 1.165) is 37.9 Å². The average molecular weight is 260 g/mol. The van der Waals surface area contributed by atoms with Gasteiger partial charge in [-0.1, -0.05) is 30.3 Å². The lowest BCUT2D eigenvalue weighted by Crippen LogP contribution is -2.57. The number of benzene rings is 1. The second-order valence-electron chi connectivity index (χ2n) is 5.90. The molecule has 1 aliphatic heterocycles. The first kappa shape index (κ1) is 12.5. The molecule has 102 valence electrons. The van der Waals surface area contributed by atoms with E-state index in [1.54, 1.807) is 4.90 Å². The van der Waals surface area contributed by atoms with Gasteiger partial charge in [-0.3, -0.25) is 0 Å². The van der Waals surface area contributed by atoms with Gasteiger partial charge in [0.15, 0.2) is 0 Å². The molecule has 1 amide bonds. The molecular weight excluding hydrogens is 240 g/mol. The topological polar surface area (TPSA) is 55.6 Å². The monoisotopic (exact) mass is 260 g/mol. The first-order chi connectivity index (χ1) is 9.17. The van der Waals surface area contributed by atoms with Crippen molar-refractivity contribution in [2.75, 3.05) is 13.1 Å². The number of hydrogen-bond acceptors (Lipinski definition) is 3. The van der Waals surface area contributed by atoms with Crippen molar-refractivity contribution in [1.29, 1.82) is 0 Å². The van der Waals surface area contributed by atoms with Gasteiger partial charge in [0.25, 0.3) is 0 Å². The summed E-state index contributed by atoms with van der Waals surface area (Å²) >= 11 is 0. The van der Waals surface area contributed by atoms with Gasteiger partial charge in [-0.25, -0.2) is 4.79 Å². The van der Waals surface area contributed by atoms with E-state index in [1.165, 1.54) is 0 Å². The molecule has 19 heavy (non-hydrogen) atoms. The molecule has 1 aliphatic carbocycles. The molecule has 2 fully saturated rings. The van der Waals surface area contributed by atoms with Crippen LogP contribution in [0.1, 0.15) is 24.8 Å². The van der Waals surface area contributed by atoms with Gasteiger partial charge >= 0.3 is 6.09 Å². The average Bonchev–Trinajstić information content (AvgIpc) is 2.78. The van der Waals surface area contributed by atoms with E-state index in [1.807, 2.05) is 30.3 Å². The number of carbonyl (C=O) groups is 1. The van der Waals surface area contributed by atoms with E-state index < -0.39 is 0 Å². The Morgan fingerprint density at radius 2 is 2.11 bits per heavy atom. The predicted molar refractivity (Wildman–Crippen MR) is 72.5 cm³/mol. The number of hydrogen-bond donors (Lipinski definition) is 1. The Labute approximate surface area is 113 Å². The molecule has 1 atom stereocenters. The summed E-state index contributed by atoms with van der Waals surface area (Å²) < 4.78 is 5.32. The highest BCUT2D eigenvalue weighted by Crippen LogP contribution is 2.45. The number of nitrogens with two attached hydrogens (primary N) is 1. The molecule has 1 saturated carbocycles. The molecule has 1 aromatic rings. The van der Waals surface area contributed by atoms with Crippen molar-refractivity contribution in [3.8, 4) is 0 Å². The van der Waals surface area contributed by atoms with E-state index in [9.17, 15) is 4.79 Å². The highest BCUT2D eigenvalue weighted by molar-refractivity contribution is 5.69. The van der Waals surface area contributed by atoms with Gasteiger partial charge in [-0.2, -0.15) is 0 Å². The van der Waals surface area contributed by atoms with E-state index in [4.69, 9.17) is 10.5 Å². The van der Waals surface area contributed by atoms with E-state index >= 15 is 0 Å². The molecule has 2 N–H and O–H groups in total. The van der Waals surface area contributed by atoms with Crippen molar-refractivity contribution >= 4 is 6.09 Å². The van der Waals surface area contributed by atoms with Crippen LogP contribution in [0.4, 0.5) is 4.79 Å². The maximum Gasteiger partial charge on any atom is 0.410 e. The van der Waals surface area contributed by atoms with Crippen LogP contribution in [0, 0.1) is 5.41 Å². The number of carbonyl (C=O) groups excluding carboxylic acids is 1. The van der Waals surface area contributed by atoms with E-state index in [-0.39, 0.29) is 6.09 Å². The molecule has 0 unspecified atom stereocenters. The molecule has 0 aromatic heterocycles. The van der Waals surface area contributed by atoms with Crippen molar-refractivity contribution in [2.45, 2.75) is 31.9 Å². The summed E-state index contributed by atoms with van der Waals surface area (Å²) in [6.07, 6.45) is 3.09. The van der Waals surface area contributed by atoms with Crippen LogP contribution in [0.5, 0.6) is 0 Å². The fourth-order valence-corrected chi connectivity index (χ4v) is 3.24. The summed E-state index contributed by atoms with van der Waals surface area (Å²) in [6.45, 7) is 1.98. The highest BCUT2D eigenvalue weighted by Gasteiger charge is 2.49. The standard InChI is InChI=1S/C15H20N2O2/c16-13-6-7-15(8-13)10-17(11-15)14(18)19-9-12-4-2-1-3-5-12/h1-5,13H,6-11,16H2/t13-/m0/s1. The van der Waals surface area contributed by atoms with Crippen LogP contribution in [-0.4, -0.2) is 30.1 Å². The lowest BCUT2D eigenvalue weighted by Gasteiger charge is -2.47. The molecule has 1 aromatic carbocycles. The van der Waals surface area contributed by atoms with Gasteiger partial charge in [-0.15, -0.1) is 0 Å². The third-order valence-corrected chi connectivity index (χ3v) is 4.26. The summed E-state index contributed by atoms with van der Waals surface area (Å²) in [6, 6.07) is 10.1. The minimum absolute atomic E-state index is 0.199. The lowest BCUT2D eigenvalue weighted by atomic mass is 9.78. The zero-order valence-corrected chi connectivity index (χ0v) is 11.0. The quantitative estimate of drug-likeness (QED) is 0.886. The molecular formula is C15H20N2O2. The molecule has 4 nitrogen and oxygen atoms in total. The first-order valence-corrected chi connectivity index (χ1v) is 6.88. The van der Waals surface area contributed by atoms with Crippen LogP contribution >= 0.6 is 0 Å². The summed E-state index contributed by atoms with van der Waals surface area (Å²) in [7, 11) is 0. The maximum atomic E-state index is 11.9. The normalized spacial score (nSPS) is 24.3. The molecule has 0 bridgehead atoms. The number of amides is 1. The maximum absolute atomic E-state index is 11.9. The predicted octanol–water partition coefficient (Wildman–Crippen LogP) is 2.14. The lowest BCUT2D eigenvalue weighted by molar-refractivity contribution is -0.00285. The van der Waals surface area contributed by atoms with Gasteiger partial charge < -0.3 is 15.4 Å². The summed E-state index contributed by atoms with van der Waals surface area (Å²) in [5.41, 5.74) is 7.26. The Morgan fingerprint density at radius 1 is 1.37 bits per heavy atom. The van der Waals surface area contributed by atoms with Crippen LogP contribution in [0.3, 0.4) is 0 Å². The number of rotatable bonds is 2. The van der Waals surface area contributed by atoms with Crippen LogP contribution in [0.15, 0.2) is 30.3 Å². The Bertz CT molecular complexity index is 454. The van der Waals surface area contributed by atoms with Gasteiger partial charge in [-0.05, 0) is 24.8 Å². The Morgan fingerprint density at radius 3 is 2.74 bits per heavy atom. The van der Waals surface area contributed by atoms with Gasteiger partial charge in [0.05, 0.1) is 0 Å². The van der Waals surface area contributed by atoms with Crippen molar-refractivity contribution in [1.82, 2.24) is 4.90 Å². The fraction of sp³-hybridized carbons (Fsp3) is 0.533. The third kappa shape index (κ3) is 2.59. The zero-order chi connectivity index (χ0) is 13.3. The van der Waals surface area contributed by atoms with Crippen molar-refractivity contribution in [2.24, 2.45) is 11.1 Å². The minimum atomic E-state index is -0.199. The number of nitrogens with zero attached hydrogens (tertiary/aromatic N) is 1. The van der Waals surface area contributed by atoms with E-state index in [0.29, 0.717) is 18.1 Å². The SMILES string of the molecule is N[C@H]1CCC2(C1)CN(C(=O)OCc1ccccc1)C2.